The highest BCUT2D eigenvalue weighted by Crippen LogP contribution is 2.39. The van der Waals surface area contributed by atoms with Gasteiger partial charge in [0.2, 0.25) is 5.13 Å². The third-order valence-electron chi connectivity index (χ3n) is 2.99. The monoisotopic (exact) mass is 297 g/mol. The molecule has 0 saturated heterocycles. The van der Waals surface area contributed by atoms with E-state index in [0.29, 0.717) is 11.0 Å². The number of carbonyl (C=O) groups excluding carboxylic acids is 1. The van der Waals surface area contributed by atoms with Crippen LogP contribution in [0.4, 0.5) is 5.13 Å². The SMILES string of the molecule is CC(C)[C@H](Nc1nc(C2CC2)ns1)C(=O)OC(C)(C)C. The molecule has 1 saturated carbocycles. The molecule has 20 heavy (non-hydrogen) atoms. The smallest absolute Gasteiger partial charge is 0.329 e. The highest BCUT2D eigenvalue weighted by atomic mass is 32.1. The van der Waals surface area contributed by atoms with Gasteiger partial charge in [0.25, 0.3) is 0 Å². The zero-order valence-corrected chi connectivity index (χ0v) is 13.6. The topological polar surface area (TPSA) is 64.1 Å². The van der Waals surface area contributed by atoms with Crippen molar-refractivity contribution in [1.82, 2.24) is 9.36 Å². The summed E-state index contributed by atoms with van der Waals surface area (Å²) in [6.07, 6.45) is 2.35. The number of hydrogen-bond acceptors (Lipinski definition) is 6. The summed E-state index contributed by atoms with van der Waals surface area (Å²) in [6, 6.07) is -0.394. The normalized spacial score (nSPS) is 17.1. The number of nitrogens with zero attached hydrogens (tertiary/aromatic N) is 2. The van der Waals surface area contributed by atoms with Crippen molar-refractivity contribution in [3.8, 4) is 0 Å². The standard InChI is InChI=1S/C14H23N3O2S/c1-8(2)10(12(18)19-14(3,4)5)15-13-16-11(17-20-13)9-6-7-9/h8-10H,6-7H2,1-5H3,(H,15,16,17)/t10-/m0/s1. The van der Waals surface area contributed by atoms with Gasteiger partial charge < -0.3 is 10.1 Å². The molecule has 1 fully saturated rings. The molecule has 0 radical (unpaired) electrons. The van der Waals surface area contributed by atoms with Gasteiger partial charge in [-0.05, 0) is 39.5 Å². The van der Waals surface area contributed by atoms with Gasteiger partial charge in [0.15, 0.2) is 0 Å². The van der Waals surface area contributed by atoms with E-state index in [1.807, 2.05) is 34.6 Å². The van der Waals surface area contributed by atoms with E-state index < -0.39 is 11.6 Å². The van der Waals surface area contributed by atoms with Gasteiger partial charge in [0.05, 0.1) is 0 Å². The summed E-state index contributed by atoms with van der Waals surface area (Å²) in [5, 5.41) is 3.88. The summed E-state index contributed by atoms with van der Waals surface area (Å²) in [4.78, 5) is 16.7. The van der Waals surface area contributed by atoms with Gasteiger partial charge in [-0.2, -0.15) is 4.37 Å². The zero-order valence-electron chi connectivity index (χ0n) is 12.8. The molecule has 0 aromatic carbocycles. The molecule has 6 heteroatoms. The fourth-order valence-corrected chi connectivity index (χ4v) is 2.48. The second-order valence-electron chi connectivity index (χ2n) is 6.63. The zero-order chi connectivity index (χ0) is 14.9. The van der Waals surface area contributed by atoms with E-state index in [1.165, 1.54) is 24.4 Å². The highest BCUT2D eigenvalue weighted by Gasteiger charge is 2.31. The summed E-state index contributed by atoms with van der Waals surface area (Å²) >= 11 is 1.32. The van der Waals surface area contributed by atoms with Crippen molar-refractivity contribution in [2.75, 3.05) is 5.32 Å². The van der Waals surface area contributed by atoms with Crippen LogP contribution in [0.3, 0.4) is 0 Å². The van der Waals surface area contributed by atoms with Crippen LogP contribution in [0.1, 0.15) is 59.2 Å². The predicted molar refractivity (Wildman–Crippen MR) is 80.0 cm³/mol. The van der Waals surface area contributed by atoms with Crippen LogP contribution in [0.2, 0.25) is 0 Å². The van der Waals surface area contributed by atoms with Crippen molar-refractivity contribution in [2.45, 2.75) is 65.0 Å². The fourth-order valence-electron chi connectivity index (χ4n) is 1.80. The lowest BCUT2D eigenvalue weighted by molar-refractivity contribution is -0.156. The Hall–Kier alpha value is -1.17. The Bertz CT molecular complexity index is 475. The minimum absolute atomic E-state index is 0.123. The number of ether oxygens (including phenoxy) is 1. The first-order chi connectivity index (χ1) is 9.26. The highest BCUT2D eigenvalue weighted by molar-refractivity contribution is 7.09. The number of nitrogens with one attached hydrogen (secondary N) is 1. The van der Waals surface area contributed by atoms with Crippen molar-refractivity contribution in [2.24, 2.45) is 5.92 Å². The average molecular weight is 297 g/mol. The quantitative estimate of drug-likeness (QED) is 0.846. The maximum Gasteiger partial charge on any atom is 0.329 e. The Morgan fingerprint density at radius 3 is 2.55 bits per heavy atom. The van der Waals surface area contributed by atoms with Crippen LogP contribution in [0.15, 0.2) is 0 Å². The molecular formula is C14H23N3O2S. The average Bonchev–Trinajstić information content (AvgIpc) is 3.03. The van der Waals surface area contributed by atoms with Crippen LogP contribution in [0.5, 0.6) is 0 Å². The minimum Gasteiger partial charge on any atom is -0.458 e. The Morgan fingerprint density at radius 2 is 2.05 bits per heavy atom. The predicted octanol–water partition coefficient (Wildman–Crippen LogP) is 3.19. The van der Waals surface area contributed by atoms with Crippen LogP contribution < -0.4 is 5.32 Å². The van der Waals surface area contributed by atoms with Crippen molar-refractivity contribution in [1.29, 1.82) is 0 Å². The Labute approximate surface area is 124 Å². The van der Waals surface area contributed by atoms with Crippen LogP contribution >= 0.6 is 11.5 Å². The molecule has 0 bridgehead atoms. The largest absolute Gasteiger partial charge is 0.458 e. The molecule has 112 valence electrons. The lowest BCUT2D eigenvalue weighted by Crippen LogP contribution is -2.39. The fraction of sp³-hybridized carbons (Fsp3) is 0.786. The first-order valence-corrected chi connectivity index (χ1v) is 7.86. The molecule has 0 aliphatic heterocycles. The van der Waals surface area contributed by atoms with Gasteiger partial charge in [-0.15, -0.1) is 0 Å². The molecule has 1 aromatic heterocycles. The molecule has 1 N–H and O–H groups in total. The van der Waals surface area contributed by atoms with E-state index in [1.54, 1.807) is 0 Å². The molecule has 1 heterocycles. The van der Waals surface area contributed by atoms with Gasteiger partial charge in [0, 0.05) is 17.5 Å². The Balaban J connectivity index is 2.02. The molecule has 0 spiro atoms. The minimum atomic E-state index is -0.480. The van der Waals surface area contributed by atoms with Crippen molar-refractivity contribution in [3.05, 3.63) is 5.82 Å². The van der Waals surface area contributed by atoms with Crippen molar-refractivity contribution < 1.29 is 9.53 Å². The number of carbonyl (C=O) groups is 1. The van der Waals surface area contributed by atoms with E-state index in [9.17, 15) is 4.79 Å². The number of anilines is 1. The lowest BCUT2D eigenvalue weighted by Gasteiger charge is -2.26. The van der Waals surface area contributed by atoms with E-state index in [0.717, 1.165) is 5.82 Å². The molecule has 1 aromatic rings. The molecule has 2 rings (SSSR count). The van der Waals surface area contributed by atoms with Gasteiger partial charge in [0.1, 0.15) is 17.5 Å². The maximum absolute atomic E-state index is 12.2. The van der Waals surface area contributed by atoms with Crippen LogP contribution in [0.25, 0.3) is 0 Å². The third-order valence-corrected chi connectivity index (χ3v) is 3.65. The molecular weight excluding hydrogens is 274 g/mol. The van der Waals surface area contributed by atoms with E-state index >= 15 is 0 Å². The number of rotatable bonds is 5. The second-order valence-corrected chi connectivity index (χ2v) is 7.38. The van der Waals surface area contributed by atoms with Gasteiger partial charge in [-0.1, -0.05) is 13.8 Å². The Kier molecular flexibility index (Phi) is 4.32. The van der Waals surface area contributed by atoms with Crippen molar-refractivity contribution in [3.63, 3.8) is 0 Å². The molecule has 5 nitrogen and oxygen atoms in total. The Morgan fingerprint density at radius 1 is 1.40 bits per heavy atom. The van der Waals surface area contributed by atoms with Crippen LogP contribution in [-0.4, -0.2) is 27.0 Å². The van der Waals surface area contributed by atoms with Gasteiger partial charge in [-0.25, -0.2) is 9.78 Å². The summed E-state index contributed by atoms with van der Waals surface area (Å²) in [5.74, 6) is 1.32. The van der Waals surface area contributed by atoms with Gasteiger partial charge in [-0.3, -0.25) is 0 Å². The number of esters is 1. The maximum atomic E-state index is 12.2. The van der Waals surface area contributed by atoms with E-state index in [-0.39, 0.29) is 11.9 Å². The molecule has 1 aliphatic rings. The molecule has 1 atom stereocenters. The van der Waals surface area contributed by atoms with Crippen LogP contribution in [-0.2, 0) is 9.53 Å². The van der Waals surface area contributed by atoms with E-state index in [4.69, 9.17) is 4.74 Å². The first-order valence-electron chi connectivity index (χ1n) is 7.09. The number of hydrogen-bond donors (Lipinski definition) is 1. The van der Waals surface area contributed by atoms with E-state index in [2.05, 4.69) is 14.7 Å². The first kappa shape index (κ1) is 15.2. The molecule has 0 unspecified atom stereocenters. The number of aromatic nitrogens is 2. The molecule has 1 aliphatic carbocycles. The summed E-state index contributed by atoms with van der Waals surface area (Å²) in [5.41, 5.74) is -0.480. The summed E-state index contributed by atoms with van der Waals surface area (Å²) in [6.45, 7) is 9.60. The molecule has 0 amide bonds. The third kappa shape index (κ3) is 4.16. The lowest BCUT2D eigenvalue weighted by atomic mass is 10.0. The summed E-state index contributed by atoms with van der Waals surface area (Å²) < 4.78 is 9.80. The van der Waals surface area contributed by atoms with Crippen molar-refractivity contribution >= 4 is 22.6 Å². The second kappa shape index (κ2) is 5.68. The summed E-state index contributed by atoms with van der Waals surface area (Å²) in [7, 11) is 0. The van der Waals surface area contributed by atoms with Crippen LogP contribution in [0, 0.1) is 5.92 Å². The van der Waals surface area contributed by atoms with Gasteiger partial charge >= 0.3 is 5.97 Å².